The van der Waals surface area contributed by atoms with Crippen LogP contribution >= 0.6 is 23.1 Å². The highest BCUT2D eigenvalue weighted by Crippen LogP contribution is 2.26. The summed E-state index contributed by atoms with van der Waals surface area (Å²) in [4.78, 5) is 5.75. The van der Waals surface area contributed by atoms with Gasteiger partial charge in [0.2, 0.25) is 0 Å². The Hall–Kier alpha value is -0.560. The van der Waals surface area contributed by atoms with Crippen LogP contribution in [0.1, 0.15) is 26.5 Å². The summed E-state index contributed by atoms with van der Waals surface area (Å²) in [5.41, 5.74) is 1.35. The van der Waals surface area contributed by atoms with Crippen molar-refractivity contribution in [2.45, 2.75) is 37.9 Å². The quantitative estimate of drug-likeness (QED) is 0.657. The number of hydrogen-bond donors (Lipinski definition) is 1. The van der Waals surface area contributed by atoms with Crippen molar-refractivity contribution < 1.29 is 4.74 Å². The van der Waals surface area contributed by atoms with E-state index in [1.807, 2.05) is 0 Å². The minimum atomic E-state index is 0.106. The molecule has 6 heteroatoms. The number of imidazole rings is 1. The maximum Gasteiger partial charge on any atom is 0.194 e. The van der Waals surface area contributed by atoms with Crippen LogP contribution in [0.15, 0.2) is 16.6 Å². The van der Waals surface area contributed by atoms with E-state index in [1.54, 1.807) is 30.2 Å². The minimum Gasteiger partial charge on any atom is -0.384 e. The maximum absolute atomic E-state index is 5.10. The zero-order chi connectivity index (χ0) is 13.9. The molecule has 106 valence electrons. The van der Waals surface area contributed by atoms with Gasteiger partial charge in [0.25, 0.3) is 0 Å². The Morgan fingerprint density at radius 1 is 1.47 bits per heavy atom. The van der Waals surface area contributed by atoms with Gasteiger partial charge in [0.1, 0.15) is 5.03 Å². The summed E-state index contributed by atoms with van der Waals surface area (Å²) in [5.74, 6) is 0.934. The van der Waals surface area contributed by atoms with Gasteiger partial charge in [0.05, 0.1) is 12.3 Å². The Kier molecular flexibility index (Phi) is 4.89. The molecule has 0 aromatic carbocycles. The predicted octanol–water partition coefficient (Wildman–Crippen LogP) is 3.02. The molecule has 0 radical (unpaired) electrons. The zero-order valence-electron chi connectivity index (χ0n) is 11.9. The van der Waals surface area contributed by atoms with Gasteiger partial charge in [-0.2, -0.15) is 0 Å². The van der Waals surface area contributed by atoms with Crippen LogP contribution in [0.3, 0.4) is 0 Å². The average Bonchev–Trinajstić information content (AvgIpc) is 2.86. The van der Waals surface area contributed by atoms with Crippen molar-refractivity contribution in [3.8, 4) is 0 Å². The number of hydrogen-bond acceptors (Lipinski definition) is 5. The number of methoxy groups -OCH3 is 1. The van der Waals surface area contributed by atoms with E-state index in [1.165, 1.54) is 5.69 Å². The molecule has 0 atom stereocenters. The Balaban J connectivity index is 2.16. The lowest BCUT2D eigenvalue weighted by Crippen LogP contribution is -2.35. The van der Waals surface area contributed by atoms with Crippen molar-refractivity contribution in [1.29, 1.82) is 0 Å². The van der Waals surface area contributed by atoms with Gasteiger partial charge in [0.15, 0.2) is 4.96 Å². The Bertz CT molecular complexity index is 527. The fourth-order valence-electron chi connectivity index (χ4n) is 1.66. The number of thioether (sulfide) groups is 1. The Labute approximate surface area is 122 Å². The largest absolute Gasteiger partial charge is 0.384 e. The number of fused-ring (bicyclic) bond motifs is 1. The molecule has 0 fully saturated rings. The summed E-state index contributed by atoms with van der Waals surface area (Å²) < 4.78 is 7.28. The molecule has 2 rings (SSSR count). The maximum atomic E-state index is 5.10. The number of nitrogens with one attached hydrogen (secondary N) is 1. The topological polar surface area (TPSA) is 38.6 Å². The molecule has 0 amide bonds. The molecule has 0 saturated heterocycles. The van der Waals surface area contributed by atoms with Crippen molar-refractivity contribution in [3.05, 3.63) is 17.3 Å². The van der Waals surface area contributed by atoms with Crippen molar-refractivity contribution in [2.24, 2.45) is 0 Å². The highest BCUT2D eigenvalue weighted by Gasteiger charge is 2.16. The van der Waals surface area contributed by atoms with Gasteiger partial charge < -0.3 is 10.1 Å². The second-order valence-electron chi connectivity index (χ2n) is 5.36. The number of ether oxygens (including phenoxy) is 1. The molecule has 0 aliphatic rings. The van der Waals surface area contributed by atoms with E-state index in [0.29, 0.717) is 0 Å². The molecule has 19 heavy (non-hydrogen) atoms. The van der Waals surface area contributed by atoms with Gasteiger partial charge in [-0.25, -0.2) is 4.98 Å². The van der Waals surface area contributed by atoms with Crippen LogP contribution in [0.25, 0.3) is 4.96 Å². The molecular weight excluding hydrogens is 278 g/mol. The van der Waals surface area contributed by atoms with Crippen LogP contribution in [0.5, 0.6) is 0 Å². The van der Waals surface area contributed by atoms with E-state index in [-0.39, 0.29) is 5.54 Å². The van der Waals surface area contributed by atoms with E-state index in [4.69, 9.17) is 9.72 Å². The lowest BCUT2D eigenvalue weighted by Gasteiger charge is -2.20. The smallest absolute Gasteiger partial charge is 0.194 e. The van der Waals surface area contributed by atoms with Gasteiger partial charge in [-0.1, -0.05) is 0 Å². The van der Waals surface area contributed by atoms with E-state index in [9.17, 15) is 0 Å². The van der Waals surface area contributed by atoms with Gasteiger partial charge in [-0.3, -0.25) is 4.40 Å². The second kappa shape index (κ2) is 6.26. The summed E-state index contributed by atoms with van der Waals surface area (Å²) in [7, 11) is 1.73. The standard InChI is InChI=1S/C13H21N3OS2/c1-13(2,3)14-9-10-11(18-8-6-17-4)15-12-16(10)5-7-19-12/h5,7,14H,6,8-9H2,1-4H3. The number of thiazole rings is 1. The lowest BCUT2D eigenvalue weighted by molar-refractivity contribution is 0.218. The molecule has 0 bridgehead atoms. The molecular formula is C13H21N3OS2. The molecule has 1 N–H and O–H groups in total. The second-order valence-corrected chi connectivity index (χ2v) is 7.32. The van der Waals surface area contributed by atoms with Crippen LogP contribution in [-0.4, -0.2) is 34.4 Å². The van der Waals surface area contributed by atoms with Gasteiger partial charge in [0, 0.05) is 36.5 Å². The van der Waals surface area contributed by atoms with Crippen molar-refractivity contribution in [3.63, 3.8) is 0 Å². The molecule has 2 aromatic rings. The highest BCUT2D eigenvalue weighted by molar-refractivity contribution is 7.99. The molecule has 0 aliphatic heterocycles. The number of aromatic nitrogens is 2. The fraction of sp³-hybridized carbons (Fsp3) is 0.615. The van der Waals surface area contributed by atoms with Crippen molar-refractivity contribution in [2.75, 3.05) is 19.5 Å². The monoisotopic (exact) mass is 299 g/mol. The molecule has 0 unspecified atom stereocenters. The van der Waals surface area contributed by atoms with Gasteiger partial charge in [-0.15, -0.1) is 23.1 Å². The first kappa shape index (κ1) is 14.8. The molecule has 0 saturated carbocycles. The first-order chi connectivity index (χ1) is 9.01. The number of rotatable bonds is 6. The molecule has 2 aromatic heterocycles. The SMILES string of the molecule is COCCSc1nc2sccn2c1CNC(C)(C)C. The zero-order valence-corrected chi connectivity index (χ0v) is 13.5. The summed E-state index contributed by atoms with van der Waals surface area (Å²) in [6, 6.07) is 0. The summed E-state index contributed by atoms with van der Waals surface area (Å²) in [5, 5.41) is 6.72. The summed E-state index contributed by atoms with van der Waals surface area (Å²) >= 11 is 3.44. The number of nitrogens with zero attached hydrogens (tertiary/aromatic N) is 2. The third-order valence-corrected chi connectivity index (χ3v) is 4.36. The van der Waals surface area contributed by atoms with Crippen LogP contribution in [0, 0.1) is 0 Å². The first-order valence-electron chi connectivity index (χ1n) is 6.32. The third-order valence-electron chi connectivity index (χ3n) is 2.64. The van der Waals surface area contributed by atoms with Crippen LogP contribution < -0.4 is 5.32 Å². The van der Waals surface area contributed by atoms with Gasteiger partial charge in [-0.05, 0) is 20.8 Å². The van der Waals surface area contributed by atoms with Crippen molar-refractivity contribution >= 4 is 28.1 Å². The first-order valence-corrected chi connectivity index (χ1v) is 8.19. The average molecular weight is 299 g/mol. The van der Waals surface area contributed by atoms with Crippen molar-refractivity contribution in [1.82, 2.24) is 14.7 Å². The van der Waals surface area contributed by atoms with Crippen LogP contribution in [-0.2, 0) is 11.3 Å². The molecule has 4 nitrogen and oxygen atoms in total. The van der Waals surface area contributed by atoms with E-state index in [0.717, 1.165) is 28.9 Å². The lowest BCUT2D eigenvalue weighted by atomic mass is 10.1. The van der Waals surface area contributed by atoms with Gasteiger partial charge >= 0.3 is 0 Å². The predicted molar refractivity (Wildman–Crippen MR) is 82.3 cm³/mol. The Morgan fingerprint density at radius 2 is 2.26 bits per heavy atom. The van der Waals surface area contributed by atoms with Crippen LogP contribution in [0.4, 0.5) is 0 Å². The van der Waals surface area contributed by atoms with E-state index < -0.39 is 0 Å². The molecule has 0 spiro atoms. The molecule has 0 aliphatic carbocycles. The molecule has 2 heterocycles. The van der Waals surface area contributed by atoms with Crippen LogP contribution in [0.2, 0.25) is 0 Å². The van der Waals surface area contributed by atoms with E-state index >= 15 is 0 Å². The Morgan fingerprint density at radius 3 is 2.95 bits per heavy atom. The summed E-state index contributed by atoms with van der Waals surface area (Å²) in [6.07, 6.45) is 2.09. The fourth-order valence-corrected chi connectivity index (χ4v) is 3.38. The highest BCUT2D eigenvalue weighted by atomic mass is 32.2. The minimum absolute atomic E-state index is 0.106. The summed E-state index contributed by atoms with van der Waals surface area (Å²) in [6.45, 7) is 8.11. The third kappa shape index (κ3) is 3.95. The van der Waals surface area contributed by atoms with E-state index in [2.05, 4.69) is 42.1 Å². The normalized spacial score (nSPS) is 12.4.